The minimum atomic E-state index is -10.0. The minimum absolute atomic E-state index is 0.0631. The first-order valence-electron chi connectivity index (χ1n) is 16.0. The molecular formula is C31H37ClF5N7O5S. The number of nitrogens with one attached hydrogen (secondary N) is 1. The maximum Gasteiger partial charge on any atom is 0.410 e. The second-order valence-corrected chi connectivity index (χ2v) is 16.5. The van der Waals surface area contributed by atoms with Gasteiger partial charge in [0.05, 0.1) is 23.0 Å². The van der Waals surface area contributed by atoms with E-state index in [1.54, 1.807) is 30.2 Å². The van der Waals surface area contributed by atoms with Crippen LogP contribution < -0.4 is 15.8 Å². The molecule has 2 aromatic heterocycles. The predicted octanol–water partition coefficient (Wildman–Crippen LogP) is 7.14. The molecule has 0 spiro atoms. The van der Waals surface area contributed by atoms with Crippen molar-refractivity contribution in [2.24, 2.45) is 0 Å². The molecule has 0 unspecified atom stereocenters. The molecule has 19 heteroatoms. The molecule has 6 rings (SSSR count). The SMILES string of the molecule is C[C@@H]1C[C@H](C(=O)Nc2ccc(S(F)(F)(F)(F)F)cc2Cl)n2c1c(N1CCN(C(=O)OC(C)(C)C)CC1)c(=O)n1nc(C3=CCCCOC3)nc21. The summed E-state index contributed by atoms with van der Waals surface area (Å²) in [7, 11) is -10.0. The second kappa shape index (κ2) is 11.8. The van der Waals surface area contributed by atoms with E-state index in [0.29, 0.717) is 30.4 Å². The van der Waals surface area contributed by atoms with Crippen LogP contribution in [0, 0.1) is 0 Å². The van der Waals surface area contributed by atoms with E-state index in [1.807, 2.05) is 17.9 Å². The van der Waals surface area contributed by atoms with Gasteiger partial charge in [-0.3, -0.25) is 14.2 Å². The number of carbonyl (C=O) groups is 2. The van der Waals surface area contributed by atoms with E-state index in [9.17, 15) is 33.8 Å². The zero-order chi connectivity index (χ0) is 36.5. The van der Waals surface area contributed by atoms with Crippen molar-refractivity contribution in [2.45, 2.75) is 69.4 Å². The van der Waals surface area contributed by atoms with Crippen LogP contribution >= 0.6 is 21.8 Å². The van der Waals surface area contributed by atoms with Crippen LogP contribution in [-0.4, -0.2) is 81.1 Å². The van der Waals surface area contributed by atoms with Gasteiger partial charge in [0.15, 0.2) is 5.82 Å². The summed E-state index contributed by atoms with van der Waals surface area (Å²) in [5, 5.41) is 6.30. The zero-order valence-electron chi connectivity index (χ0n) is 27.7. The molecule has 3 aliphatic heterocycles. The molecule has 0 saturated carbocycles. The van der Waals surface area contributed by atoms with E-state index in [2.05, 4.69) is 15.4 Å². The fraction of sp³-hybridized carbons (Fsp3) is 0.516. The van der Waals surface area contributed by atoms with Gasteiger partial charge >= 0.3 is 16.3 Å². The van der Waals surface area contributed by atoms with Crippen LogP contribution in [0.25, 0.3) is 11.4 Å². The Balaban J connectivity index is 1.40. The molecule has 1 aromatic carbocycles. The van der Waals surface area contributed by atoms with E-state index in [-0.39, 0.29) is 74.3 Å². The number of nitrogens with zero attached hydrogens (tertiary/aromatic N) is 6. The van der Waals surface area contributed by atoms with E-state index >= 15 is 0 Å². The number of rotatable bonds is 5. The van der Waals surface area contributed by atoms with Gasteiger partial charge in [-0.05, 0) is 58.2 Å². The minimum Gasteiger partial charge on any atom is -0.444 e. The Morgan fingerprint density at radius 2 is 1.80 bits per heavy atom. The van der Waals surface area contributed by atoms with Gasteiger partial charge in [0.25, 0.3) is 5.56 Å². The number of fused-ring (bicyclic) bond motifs is 3. The van der Waals surface area contributed by atoms with Gasteiger partial charge < -0.3 is 24.6 Å². The molecule has 0 bridgehead atoms. The third-order valence-corrected chi connectivity index (χ3v) is 10.1. The van der Waals surface area contributed by atoms with Crippen LogP contribution in [0.15, 0.2) is 34.0 Å². The van der Waals surface area contributed by atoms with E-state index in [0.717, 1.165) is 10.9 Å². The Morgan fingerprint density at radius 1 is 1.10 bits per heavy atom. The number of benzene rings is 1. The van der Waals surface area contributed by atoms with Crippen molar-refractivity contribution in [3.63, 3.8) is 0 Å². The van der Waals surface area contributed by atoms with Crippen molar-refractivity contribution in [3.8, 4) is 0 Å². The number of piperazine rings is 1. The quantitative estimate of drug-likeness (QED) is 0.273. The molecule has 5 heterocycles. The summed E-state index contributed by atoms with van der Waals surface area (Å²) in [6.07, 6.45) is 3.10. The zero-order valence-corrected chi connectivity index (χ0v) is 29.3. The van der Waals surface area contributed by atoms with Crippen molar-refractivity contribution in [3.05, 3.63) is 51.2 Å². The molecule has 3 aliphatic rings. The lowest BCUT2D eigenvalue weighted by atomic mass is 10.0. The van der Waals surface area contributed by atoms with Crippen molar-refractivity contribution in [2.75, 3.05) is 49.6 Å². The second-order valence-electron chi connectivity index (χ2n) is 13.7. The van der Waals surface area contributed by atoms with Crippen LogP contribution in [0.2, 0.25) is 5.02 Å². The molecule has 50 heavy (non-hydrogen) atoms. The van der Waals surface area contributed by atoms with E-state index < -0.39 is 55.3 Å². The Kier molecular flexibility index (Phi) is 8.50. The number of aromatic nitrogens is 4. The fourth-order valence-electron chi connectivity index (χ4n) is 6.37. The normalized spacial score (nSPS) is 21.6. The summed E-state index contributed by atoms with van der Waals surface area (Å²) < 4.78 is 80.9. The summed E-state index contributed by atoms with van der Waals surface area (Å²) >= 11 is 5.99. The highest BCUT2D eigenvalue weighted by molar-refractivity contribution is 8.45. The number of allylic oxidation sites excluding steroid dienone is 1. The average Bonchev–Trinajstić information content (AvgIpc) is 3.47. The maximum absolute atomic E-state index is 14.3. The Bertz CT molecular complexity index is 1970. The molecule has 12 nitrogen and oxygen atoms in total. The van der Waals surface area contributed by atoms with Crippen molar-refractivity contribution in [1.29, 1.82) is 0 Å². The lowest BCUT2D eigenvalue weighted by Gasteiger charge is -2.40. The first kappa shape index (κ1) is 35.9. The fourth-order valence-corrected chi connectivity index (χ4v) is 7.32. The molecule has 1 N–H and O–H groups in total. The van der Waals surface area contributed by atoms with E-state index in [1.165, 1.54) is 0 Å². The van der Waals surface area contributed by atoms with Crippen molar-refractivity contribution in [1.82, 2.24) is 24.1 Å². The molecule has 1 saturated heterocycles. The smallest absolute Gasteiger partial charge is 0.410 e. The van der Waals surface area contributed by atoms with Gasteiger partial charge in [0, 0.05) is 44.3 Å². The monoisotopic (exact) mass is 749 g/mol. The standard InChI is InChI=1S/C31H37ClF5N7O5S/c1-18-15-23(27(45)38-22-9-8-20(16-21(22)32)50(33,34,35,36)37)43-24(18)25(41-10-12-42(13-11-41)30(47)49-31(2,3)4)28(46)44-29(43)39-26(40-44)19-7-5-6-14-48-17-19/h7-9,16,18,23H,5-6,10-15,17H2,1-4H3,(H,38,45)/t18-,23-/m1/s1. The summed E-state index contributed by atoms with van der Waals surface area (Å²) in [4.78, 5) is 46.8. The number of carbonyl (C=O) groups excluding carboxylic acids is 2. The first-order chi connectivity index (χ1) is 23.1. The van der Waals surface area contributed by atoms with Gasteiger partial charge in [-0.2, -0.15) is 9.50 Å². The number of hydrogen-bond donors (Lipinski definition) is 1. The summed E-state index contributed by atoms with van der Waals surface area (Å²) in [6, 6.07) is -0.114. The Morgan fingerprint density at radius 3 is 2.44 bits per heavy atom. The lowest BCUT2D eigenvalue weighted by Crippen LogP contribution is -2.51. The molecule has 3 aromatic rings. The largest absolute Gasteiger partial charge is 0.444 e. The van der Waals surface area contributed by atoms with Gasteiger partial charge in [0.1, 0.15) is 22.2 Å². The maximum atomic E-state index is 14.3. The summed E-state index contributed by atoms with van der Waals surface area (Å²) in [6.45, 7) is 8.92. The van der Waals surface area contributed by atoms with Crippen LogP contribution in [0.4, 0.5) is 35.6 Å². The van der Waals surface area contributed by atoms with Crippen LogP contribution in [0.5, 0.6) is 0 Å². The molecule has 0 radical (unpaired) electrons. The highest BCUT2D eigenvalue weighted by Crippen LogP contribution is 3.02. The van der Waals surface area contributed by atoms with Gasteiger partial charge in [-0.15, -0.1) is 5.10 Å². The predicted molar refractivity (Wildman–Crippen MR) is 179 cm³/mol. The third-order valence-electron chi connectivity index (χ3n) is 8.68. The van der Waals surface area contributed by atoms with Gasteiger partial charge in [-0.25, -0.2) is 4.79 Å². The Hall–Kier alpha value is -3.90. The number of hydrogen-bond acceptors (Lipinski definition) is 8. The number of amides is 2. The number of anilines is 2. The molecule has 1 fully saturated rings. The van der Waals surface area contributed by atoms with Crippen LogP contribution in [-0.2, 0) is 14.3 Å². The topological polar surface area (TPSA) is 123 Å². The van der Waals surface area contributed by atoms with E-state index in [4.69, 9.17) is 21.1 Å². The van der Waals surface area contributed by atoms with Gasteiger partial charge in [-0.1, -0.05) is 44.0 Å². The molecular weight excluding hydrogens is 713 g/mol. The lowest BCUT2D eigenvalue weighted by molar-refractivity contribution is -0.119. The van der Waals surface area contributed by atoms with Crippen molar-refractivity contribution < 1.29 is 38.5 Å². The summed E-state index contributed by atoms with van der Waals surface area (Å²) in [5.74, 6) is -0.814. The summed E-state index contributed by atoms with van der Waals surface area (Å²) in [5.41, 5.74) is -0.0556. The molecule has 274 valence electrons. The molecule has 2 amide bonds. The first-order valence-corrected chi connectivity index (χ1v) is 18.3. The molecule has 2 atom stereocenters. The van der Waals surface area contributed by atoms with Crippen molar-refractivity contribution >= 4 is 56.6 Å². The van der Waals surface area contributed by atoms with Gasteiger partial charge in [0.2, 0.25) is 11.7 Å². The highest BCUT2D eigenvalue weighted by Gasteiger charge is 2.65. The van der Waals surface area contributed by atoms with Crippen LogP contribution in [0.1, 0.15) is 70.4 Å². The third kappa shape index (κ3) is 7.14. The number of halogens is 6. The molecule has 0 aliphatic carbocycles. The Labute approximate surface area is 288 Å². The highest BCUT2D eigenvalue weighted by atomic mass is 35.5. The average molecular weight is 750 g/mol. The number of ether oxygens (including phenoxy) is 2. The van der Waals surface area contributed by atoms with Crippen LogP contribution in [0.3, 0.4) is 0 Å².